The highest BCUT2D eigenvalue weighted by Gasteiger charge is 2.23. The molecule has 7 heteroatoms. The molecule has 0 aliphatic carbocycles. The van der Waals surface area contributed by atoms with Crippen LogP contribution in [0.15, 0.2) is 36.9 Å². The molecular weight excluding hydrogens is 270 g/mol. The van der Waals surface area contributed by atoms with Gasteiger partial charge in [-0.2, -0.15) is 0 Å². The normalized spacial score (nSPS) is 12.8. The highest BCUT2D eigenvalue weighted by Crippen LogP contribution is 2.11. The number of rotatable bonds is 7. The van der Waals surface area contributed by atoms with Gasteiger partial charge in [0.1, 0.15) is 11.8 Å². The molecule has 0 heterocycles. The number of sulfonamides is 1. The van der Waals surface area contributed by atoms with Crippen molar-refractivity contribution in [1.29, 1.82) is 0 Å². The largest absolute Gasteiger partial charge is 0.508 e. The molecule has 0 radical (unpaired) electrons. The number of benzene rings is 1. The maximum Gasteiger partial charge on any atom is 0.322 e. The number of carboxylic acids is 1. The molecule has 1 aromatic rings. The smallest absolute Gasteiger partial charge is 0.322 e. The van der Waals surface area contributed by atoms with E-state index in [1.807, 2.05) is 0 Å². The summed E-state index contributed by atoms with van der Waals surface area (Å²) >= 11 is 0. The number of phenolic OH excluding ortho intramolecular Hbond substituents is 1. The molecule has 1 aromatic carbocycles. The first kappa shape index (κ1) is 15.2. The van der Waals surface area contributed by atoms with Crippen molar-refractivity contribution in [3.8, 4) is 5.75 Å². The zero-order valence-electron chi connectivity index (χ0n) is 10.1. The number of nitrogens with one attached hydrogen (secondary N) is 1. The molecule has 0 saturated carbocycles. The first-order chi connectivity index (χ1) is 8.84. The summed E-state index contributed by atoms with van der Waals surface area (Å²) in [6.45, 7) is 3.30. The van der Waals surface area contributed by atoms with Gasteiger partial charge in [0.2, 0.25) is 10.0 Å². The van der Waals surface area contributed by atoms with E-state index in [9.17, 15) is 13.2 Å². The molecule has 0 spiro atoms. The molecule has 1 rings (SSSR count). The van der Waals surface area contributed by atoms with Crippen LogP contribution in [0.25, 0.3) is 0 Å². The SMILES string of the molecule is C=CCS(=O)(=O)NC(Cc1ccc(O)cc1)C(=O)O. The fourth-order valence-electron chi connectivity index (χ4n) is 1.47. The second kappa shape index (κ2) is 6.35. The third-order valence-electron chi connectivity index (χ3n) is 2.33. The topological polar surface area (TPSA) is 104 Å². The van der Waals surface area contributed by atoms with Gasteiger partial charge < -0.3 is 10.2 Å². The van der Waals surface area contributed by atoms with Crippen LogP contribution >= 0.6 is 0 Å². The van der Waals surface area contributed by atoms with Crippen LogP contribution in [0.4, 0.5) is 0 Å². The van der Waals surface area contributed by atoms with E-state index < -0.39 is 22.0 Å². The summed E-state index contributed by atoms with van der Waals surface area (Å²) in [5, 5.41) is 18.1. The minimum absolute atomic E-state index is 0.00795. The van der Waals surface area contributed by atoms with Gasteiger partial charge >= 0.3 is 5.97 Å². The lowest BCUT2D eigenvalue weighted by atomic mass is 10.1. The molecule has 0 amide bonds. The average Bonchev–Trinajstić information content (AvgIpc) is 2.30. The van der Waals surface area contributed by atoms with Crippen molar-refractivity contribution in [2.45, 2.75) is 12.5 Å². The second-order valence-corrected chi connectivity index (χ2v) is 5.75. The number of aromatic hydroxyl groups is 1. The Kier molecular flexibility index (Phi) is 5.08. The van der Waals surface area contributed by atoms with Crippen molar-refractivity contribution < 1.29 is 23.4 Å². The van der Waals surface area contributed by atoms with Gasteiger partial charge in [0.15, 0.2) is 0 Å². The third kappa shape index (κ3) is 5.11. The Hall–Kier alpha value is -1.86. The molecule has 3 N–H and O–H groups in total. The Morgan fingerprint density at radius 2 is 1.95 bits per heavy atom. The van der Waals surface area contributed by atoms with Crippen LogP contribution in [0.2, 0.25) is 0 Å². The number of phenols is 1. The number of carboxylic acid groups (broad SMARTS) is 1. The lowest BCUT2D eigenvalue weighted by Crippen LogP contribution is -2.43. The fraction of sp³-hybridized carbons (Fsp3) is 0.250. The molecule has 0 saturated heterocycles. The van der Waals surface area contributed by atoms with E-state index >= 15 is 0 Å². The van der Waals surface area contributed by atoms with Crippen molar-refractivity contribution in [2.75, 3.05) is 5.75 Å². The summed E-state index contributed by atoms with van der Waals surface area (Å²) in [6, 6.07) is 4.63. The summed E-state index contributed by atoms with van der Waals surface area (Å²) < 4.78 is 25.1. The summed E-state index contributed by atoms with van der Waals surface area (Å²) in [7, 11) is -3.70. The third-order valence-corrected chi connectivity index (χ3v) is 3.65. The summed E-state index contributed by atoms with van der Waals surface area (Å²) in [5.74, 6) is -1.55. The summed E-state index contributed by atoms with van der Waals surface area (Å²) in [6.07, 6.45) is 1.17. The van der Waals surface area contributed by atoms with Gasteiger partial charge in [-0.1, -0.05) is 18.2 Å². The van der Waals surface area contributed by atoms with Gasteiger partial charge in [0, 0.05) is 0 Å². The maximum atomic E-state index is 11.5. The van der Waals surface area contributed by atoms with E-state index in [2.05, 4.69) is 11.3 Å². The Morgan fingerprint density at radius 1 is 1.37 bits per heavy atom. The molecule has 0 aromatic heterocycles. The summed E-state index contributed by atoms with van der Waals surface area (Å²) in [5.41, 5.74) is 0.603. The van der Waals surface area contributed by atoms with E-state index in [0.29, 0.717) is 5.56 Å². The van der Waals surface area contributed by atoms with Crippen molar-refractivity contribution >= 4 is 16.0 Å². The molecule has 1 atom stereocenters. The van der Waals surface area contributed by atoms with E-state index in [1.54, 1.807) is 0 Å². The zero-order valence-corrected chi connectivity index (χ0v) is 10.9. The monoisotopic (exact) mass is 285 g/mol. The van der Waals surface area contributed by atoms with Crippen LogP contribution in [0.3, 0.4) is 0 Å². The van der Waals surface area contributed by atoms with Gasteiger partial charge in [0.25, 0.3) is 0 Å². The van der Waals surface area contributed by atoms with E-state index in [0.717, 1.165) is 0 Å². The maximum absolute atomic E-state index is 11.5. The second-order valence-electron chi connectivity index (χ2n) is 3.95. The van der Waals surface area contributed by atoms with Crippen molar-refractivity contribution in [3.63, 3.8) is 0 Å². The average molecular weight is 285 g/mol. The van der Waals surface area contributed by atoms with Gasteiger partial charge in [0.05, 0.1) is 5.75 Å². The first-order valence-corrected chi connectivity index (χ1v) is 7.11. The van der Waals surface area contributed by atoms with Gasteiger partial charge in [-0.25, -0.2) is 13.1 Å². The minimum atomic E-state index is -3.70. The molecular formula is C12H15NO5S. The quantitative estimate of drug-likeness (QED) is 0.633. The number of hydrogen-bond acceptors (Lipinski definition) is 4. The highest BCUT2D eigenvalue weighted by atomic mass is 32.2. The van der Waals surface area contributed by atoms with Crippen LogP contribution < -0.4 is 4.72 Å². The Bertz CT molecular complexity index is 550. The van der Waals surface area contributed by atoms with Crippen molar-refractivity contribution in [3.05, 3.63) is 42.5 Å². The van der Waals surface area contributed by atoms with Crippen LogP contribution in [0, 0.1) is 0 Å². The van der Waals surface area contributed by atoms with Gasteiger partial charge in [-0.15, -0.1) is 6.58 Å². The van der Waals surface area contributed by atoms with Crippen molar-refractivity contribution in [1.82, 2.24) is 4.72 Å². The van der Waals surface area contributed by atoms with Gasteiger partial charge in [-0.05, 0) is 24.1 Å². The lowest BCUT2D eigenvalue weighted by molar-refractivity contribution is -0.138. The number of carbonyl (C=O) groups is 1. The van der Waals surface area contributed by atoms with Crippen LogP contribution in [-0.2, 0) is 21.2 Å². The molecule has 104 valence electrons. The molecule has 19 heavy (non-hydrogen) atoms. The van der Waals surface area contributed by atoms with E-state index in [1.165, 1.54) is 30.3 Å². The predicted octanol–water partition coefficient (Wildman–Crippen LogP) is 0.493. The molecule has 1 unspecified atom stereocenters. The van der Waals surface area contributed by atoms with E-state index in [-0.39, 0.29) is 17.9 Å². The Balaban J connectivity index is 2.82. The first-order valence-electron chi connectivity index (χ1n) is 5.45. The Morgan fingerprint density at radius 3 is 2.42 bits per heavy atom. The highest BCUT2D eigenvalue weighted by molar-refractivity contribution is 7.89. The van der Waals surface area contributed by atoms with Crippen LogP contribution in [-0.4, -0.2) is 36.4 Å². The predicted molar refractivity (Wildman–Crippen MR) is 70.4 cm³/mol. The van der Waals surface area contributed by atoms with Gasteiger partial charge in [-0.3, -0.25) is 4.79 Å². The molecule has 0 bridgehead atoms. The summed E-state index contributed by atoms with van der Waals surface area (Å²) in [4.78, 5) is 11.1. The lowest BCUT2D eigenvalue weighted by Gasteiger charge is -2.14. The number of hydrogen-bond donors (Lipinski definition) is 3. The number of aliphatic carboxylic acids is 1. The Labute approximate surface area is 111 Å². The minimum Gasteiger partial charge on any atom is -0.508 e. The molecule has 6 nitrogen and oxygen atoms in total. The molecule has 0 aliphatic rings. The van der Waals surface area contributed by atoms with Crippen molar-refractivity contribution in [2.24, 2.45) is 0 Å². The standard InChI is InChI=1S/C12H15NO5S/c1-2-7-19(17,18)13-11(12(15)16)8-9-3-5-10(14)6-4-9/h2-6,11,13-14H,1,7-8H2,(H,15,16). The van der Waals surface area contributed by atoms with Crippen LogP contribution in [0.5, 0.6) is 5.75 Å². The van der Waals surface area contributed by atoms with E-state index in [4.69, 9.17) is 10.2 Å². The molecule has 0 fully saturated rings. The molecule has 0 aliphatic heterocycles. The zero-order chi connectivity index (χ0) is 14.5. The van der Waals surface area contributed by atoms with Crippen LogP contribution in [0.1, 0.15) is 5.56 Å². The fourth-order valence-corrected chi connectivity index (χ4v) is 2.49.